The second-order valence-electron chi connectivity index (χ2n) is 7.26. The highest BCUT2D eigenvalue weighted by Crippen LogP contribution is 2.28. The first-order chi connectivity index (χ1) is 12.4. The predicted molar refractivity (Wildman–Crippen MR) is 122 cm³/mol. The van der Waals surface area contributed by atoms with Crippen molar-refractivity contribution in [3.63, 3.8) is 0 Å². The molecule has 0 bridgehead atoms. The van der Waals surface area contributed by atoms with Crippen molar-refractivity contribution in [1.29, 1.82) is 0 Å². The van der Waals surface area contributed by atoms with Crippen LogP contribution < -0.4 is 10.0 Å². The predicted octanol–water partition coefficient (Wildman–Crippen LogP) is 3.05. The average Bonchev–Trinajstić information content (AvgIpc) is 2.64. The van der Waals surface area contributed by atoms with Gasteiger partial charge in [-0.05, 0) is 49.4 Å². The summed E-state index contributed by atoms with van der Waals surface area (Å²) >= 11 is 0. The minimum Gasteiger partial charge on any atom is -0.352 e. The van der Waals surface area contributed by atoms with Crippen LogP contribution in [0.5, 0.6) is 0 Å². The minimum atomic E-state index is -3.42. The molecule has 0 aliphatic heterocycles. The lowest BCUT2D eigenvalue weighted by Crippen LogP contribution is -2.41. The molecule has 6 nitrogen and oxygen atoms in total. The number of halogens is 1. The second-order valence-corrected chi connectivity index (χ2v) is 9.15. The number of aliphatic imine (C=N–C) groups is 1. The van der Waals surface area contributed by atoms with Gasteiger partial charge in [-0.3, -0.25) is 4.99 Å². The SMILES string of the molecule is CN=C(NCc1cccc(S(=O)(=O)NC)c1)N(C)CC1CCC(C)CC1.I. The highest BCUT2D eigenvalue weighted by Gasteiger charge is 2.20. The zero-order valence-electron chi connectivity index (χ0n) is 16.7. The molecule has 1 fully saturated rings. The number of benzene rings is 1. The van der Waals surface area contributed by atoms with Crippen LogP contribution in [0, 0.1) is 11.8 Å². The van der Waals surface area contributed by atoms with Crippen molar-refractivity contribution in [1.82, 2.24) is 14.9 Å². The highest BCUT2D eigenvalue weighted by atomic mass is 127. The van der Waals surface area contributed by atoms with Crippen LogP contribution in [0.1, 0.15) is 38.2 Å². The number of hydrogen-bond donors (Lipinski definition) is 2. The Balaban J connectivity index is 0.00000364. The van der Waals surface area contributed by atoms with Crippen LogP contribution in [0.4, 0.5) is 0 Å². The molecule has 27 heavy (non-hydrogen) atoms. The van der Waals surface area contributed by atoms with Gasteiger partial charge < -0.3 is 10.2 Å². The molecule has 0 aromatic heterocycles. The van der Waals surface area contributed by atoms with E-state index in [1.165, 1.54) is 32.7 Å². The number of nitrogens with one attached hydrogen (secondary N) is 2. The Morgan fingerprint density at radius 1 is 1.26 bits per heavy atom. The fourth-order valence-electron chi connectivity index (χ4n) is 3.49. The molecule has 0 atom stereocenters. The third-order valence-electron chi connectivity index (χ3n) is 5.17. The lowest BCUT2D eigenvalue weighted by Gasteiger charge is -2.31. The summed E-state index contributed by atoms with van der Waals surface area (Å²) in [5.74, 6) is 2.42. The molecule has 1 aliphatic rings. The molecule has 1 aliphatic carbocycles. The first-order valence-corrected chi connectivity index (χ1v) is 10.8. The monoisotopic (exact) mass is 508 g/mol. The van der Waals surface area contributed by atoms with Crippen molar-refractivity contribution >= 4 is 40.0 Å². The second kappa shape index (κ2) is 11.2. The molecule has 8 heteroatoms. The molecule has 2 N–H and O–H groups in total. The molecule has 2 rings (SSSR count). The van der Waals surface area contributed by atoms with Gasteiger partial charge in [0.1, 0.15) is 0 Å². The number of hydrogen-bond acceptors (Lipinski definition) is 3. The summed E-state index contributed by atoms with van der Waals surface area (Å²) in [7, 11) is 1.84. The van der Waals surface area contributed by atoms with E-state index in [2.05, 4.69) is 33.9 Å². The van der Waals surface area contributed by atoms with Gasteiger partial charge in [0, 0.05) is 27.2 Å². The van der Waals surface area contributed by atoms with Crippen LogP contribution in [0.3, 0.4) is 0 Å². The van der Waals surface area contributed by atoms with Gasteiger partial charge in [-0.2, -0.15) is 0 Å². The molecular weight excluding hydrogens is 475 g/mol. The van der Waals surface area contributed by atoms with Gasteiger partial charge in [0.2, 0.25) is 10.0 Å². The standard InChI is InChI=1S/C19H32N4O2S.HI/c1-15-8-10-16(11-9-15)14-23(4)19(20-2)22-13-17-6-5-7-18(12-17)26(24,25)21-3;/h5-7,12,15-16,21H,8-11,13-14H2,1-4H3,(H,20,22);1H. The van der Waals surface area contributed by atoms with Crippen LogP contribution >= 0.6 is 24.0 Å². The largest absolute Gasteiger partial charge is 0.352 e. The Morgan fingerprint density at radius 3 is 2.52 bits per heavy atom. The van der Waals surface area contributed by atoms with Gasteiger partial charge in [0.15, 0.2) is 5.96 Å². The molecule has 0 radical (unpaired) electrons. The van der Waals surface area contributed by atoms with E-state index in [0.29, 0.717) is 6.54 Å². The zero-order chi connectivity index (χ0) is 19.2. The average molecular weight is 508 g/mol. The Labute approximate surface area is 181 Å². The summed E-state index contributed by atoms with van der Waals surface area (Å²) in [6, 6.07) is 6.96. The summed E-state index contributed by atoms with van der Waals surface area (Å²) in [4.78, 5) is 6.82. The van der Waals surface area contributed by atoms with Crippen LogP contribution in [-0.4, -0.2) is 47.0 Å². The molecular formula is C19H33IN4O2S. The topological polar surface area (TPSA) is 73.8 Å². The minimum absolute atomic E-state index is 0. The van der Waals surface area contributed by atoms with Gasteiger partial charge in [-0.1, -0.05) is 31.9 Å². The van der Waals surface area contributed by atoms with Crippen LogP contribution in [0.2, 0.25) is 0 Å². The Hall–Kier alpha value is -0.870. The van der Waals surface area contributed by atoms with Gasteiger partial charge in [-0.25, -0.2) is 13.1 Å². The van der Waals surface area contributed by atoms with E-state index in [9.17, 15) is 8.42 Å². The maximum Gasteiger partial charge on any atom is 0.240 e. The van der Waals surface area contributed by atoms with E-state index in [1.54, 1.807) is 25.2 Å². The van der Waals surface area contributed by atoms with E-state index in [-0.39, 0.29) is 28.9 Å². The van der Waals surface area contributed by atoms with Crippen molar-refractivity contribution in [3.8, 4) is 0 Å². The molecule has 1 aromatic carbocycles. The summed E-state index contributed by atoms with van der Waals surface area (Å²) in [5.41, 5.74) is 0.905. The number of rotatable bonds is 6. The van der Waals surface area contributed by atoms with Crippen molar-refractivity contribution in [2.24, 2.45) is 16.8 Å². The highest BCUT2D eigenvalue weighted by molar-refractivity contribution is 14.0. The Morgan fingerprint density at radius 2 is 1.93 bits per heavy atom. The van der Waals surface area contributed by atoms with Gasteiger partial charge in [0.05, 0.1) is 4.90 Å². The Bertz CT molecular complexity index is 716. The maximum atomic E-state index is 11.9. The molecule has 1 aromatic rings. The van der Waals surface area contributed by atoms with E-state index >= 15 is 0 Å². The lowest BCUT2D eigenvalue weighted by atomic mass is 9.83. The fraction of sp³-hybridized carbons (Fsp3) is 0.632. The summed E-state index contributed by atoms with van der Waals surface area (Å²) < 4.78 is 26.2. The van der Waals surface area contributed by atoms with Crippen LogP contribution in [0.15, 0.2) is 34.2 Å². The smallest absolute Gasteiger partial charge is 0.240 e. The molecule has 0 heterocycles. The zero-order valence-corrected chi connectivity index (χ0v) is 19.9. The molecule has 0 amide bonds. The van der Waals surface area contributed by atoms with E-state index in [0.717, 1.165) is 29.9 Å². The quantitative estimate of drug-likeness (QED) is 0.352. The van der Waals surface area contributed by atoms with Crippen LogP contribution in [0.25, 0.3) is 0 Å². The number of guanidine groups is 1. The first kappa shape index (κ1) is 24.2. The van der Waals surface area contributed by atoms with Crippen molar-refractivity contribution in [2.45, 2.75) is 44.0 Å². The van der Waals surface area contributed by atoms with Crippen molar-refractivity contribution < 1.29 is 8.42 Å². The third-order valence-corrected chi connectivity index (χ3v) is 6.58. The first-order valence-electron chi connectivity index (χ1n) is 9.30. The number of nitrogens with zero attached hydrogens (tertiary/aromatic N) is 2. The van der Waals surface area contributed by atoms with Gasteiger partial charge in [-0.15, -0.1) is 24.0 Å². The molecule has 0 spiro atoms. The van der Waals surface area contributed by atoms with Gasteiger partial charge in [0.25, 0.3) is 0 Å². The molecule has 154 valence electrons. The Kier molecular flexibility index (Phi) is 10.0. The lowest BCUT2D eigenvalue weighted by molar-refractivity contribution is 0.250. The van der Waals surface area contributed by atoms with Crippen molar-refractivity contribution in [3.05, 3.63) is 29.8 Å². The summed E-state index contributed by atoms with van der Waals surface area (Å²) in [6.07, 6.45) is 5.20. The van der Waals surface area contributed by atoms with Gasteiger partial charge >= 0.3 is 0 Å². The molecule has 0 unspecified atom stereocenters. The summed E-state index contributed by atoms with van der Waals surface area (Å²) in [6.45, 7) is 3.87. The van der Waals surface area contributed by atoms with E-state index in [4.69, 9.17) is 0 Å². The molecule has 0 saturated heterocycles. The van der Waals surface area contributed by atoms with E-state index in [1.807, 2.05) is 6.07 Å². The third kappa shape index (κ3) is 7.23. The van der Waals surface area contributed by atoms with E-state index < -0.39 is 10.0 Å². The van der Waals surface area contributed by atoms with Crippen LogP contribution in [-0.2, 0) is 16.6 Å². The molecule has 1 saturated carbocycles. The van der Waals surface area contributed by atoms with Crippen molar-refractivity contribution in [2.75, 3.05) is 27.7 Å². The normalized spacial score (nSPS) is 20.7. The maximum absolute atomic E-state index is 11.9. The number of sulfonamides is 1. The fourth-order valence-corrected chi connectivity index (χ4v) is 4.29. The summed E-state index contributed by atoms with van der Waals surface area (Å²) in [5, 5.41) is 3.34.